The molecule has 0 aliphatic carbocycles. The van der Waals surface area contributed by atoms with Crippen LogP contribution in [0.1, 0.15) is 16.8 Å². The van der Waals surface area contributed by atoms with Crippen LogP contribution in [0.2, 0.25) is 0 Å². The molecule has 1 N–H and O–H groups in total. The van der Waals surface area contributed by atoms with Gasteiger partial charge in [0.1, 0.15) is 0 Å². The minimum absolute atomic E-state index is 0.00630. The highest BCUT2D eigenvalue weighted by molar-refractivity contribution is 9.11. The molecule has 1 aromatic heterocycles. The second-order valence-electron chi connectivity index (χ2n) is 3.43. The smallest absolute Gasteiger partial charge is 0.252 e. The standard InChI is InChI=1S/C10H13BrN2O2S/c1-13(2)9(14)3-4-12-10(15)7-5-8(11)16-6-7/h5-6H,3-4H2,1-2H3,(H,12,15). The molecule has 4 nitrogen and oxygen atoms in total. The summed E-state index contributed by atoms with van der Waals surface area (Å²) in [6, 6.07) is 1.76. The van der Waals surface area contributed by atoms with Gasteiger partial charge in [-0.15, -0.1) is 11.3 Å². The first-order valence-electron chi connectivity index (χ1n) is 4.73. The molecule has 0 unspecified atom stereocenters. The zero-order valence-corrected chi connectivity index (χ0v) is 11.5. The molecule has 16 heavy (non-hydrogen) atoms. The monoisotopic (exact) mass is 304 g/mol. The Bertz CT molecular complexity index is 390. The predicted molar refractivity (Wildman–Crippen MR) is 67.7 cm³/mol. The Kier molecular flexibility index (Phi) is 4.95. The summed E-state index contributed by atoms with van der Waals surface area (Å²) >= 11 is 4.75. The van der Waals surface area contributed by atoms with E-state index in [4.69, 9.17) is 0 Å². The Hall–Kier alpha value is -0.880. The lowest BCUT2D eigenvalue weighted by Gasteiger charge is -2.10. The van der Waals surface area contributed by atoms with Gasteiger partial charge in [-0.25, -0.2) is 0 Å². The van der Waals surface area contributed by atoms with Crippen molar-refractivity contribution in [3.63, 3.8) is 0 Å². The summed E-state index contributed by atoms with van der Waals surface area (Å²) in [4.78, 5) is 24.3. The van der Waals surface area contributed by atoms with Gasteiger partial charge >= 0.3 is 0 Å². The minimum Gasteiger partial charge on any atom is -0.351 e. The summed E-state index contributed by atoms with van der Waals surface area (Å²) in [7, 11) is 3.39. The van der Waals surface area contributed by atoms with Crippen LogP contribution in [0.15, 0.2) is 15.2 Å². The van der Waals surface area contributed by atoms with E-state index in [1.807, 2.05) is 0 Å². The van der Waals surface area contributed by atoms with Crippen molar-refractivity contribution in [3.8, 4) is 0 Å². The number of nitrogens with zero attached hydrogens (tertiary/aromatic N) is 1. The first-order valence-corrected chi connectivity index (χ1v) is 6.40. The van der Waals surface area contributed by atoms with Gasteiger partial charge in [-0.3, -0.25) is 9.59 Å². The SMILES string of the molecule is CN(C)C(=O)CCNC(=O)c1csc(Br)c1. The van der Waals surface area contributed by atoms with Gasteiger partial charge in [0.05, 0.1) is 9.35 Å². The van der Waals surface area contributed by atoms with Gasteiger partial charge in [0.25, 0.3) is 5.91 Å². The van der Waals surface area contributed by atoms with Gasteiger partial charge < -0.3 is 10.2 Å². The molecule has 0 aromatic carbocycles. The van der Waals surface area contributed by atoms with E-state index in [2.05, 4.69) is 21.2 Å². The van der Waals surface area contributed by atoms with Crippen LogP contribution >= 0.6 is 27.3 Å². The van der Waals surface area contributed by atoms with Crippen LogP contribution in [-0.2, 0) is 4.79 Å². The van der Waals surface area contributed by atoms with E-state index in [-0.39, 0.29) is 11.8 Å². The molecule has 0 saturated carbocycles. The van der Waals surface area contributed by atoms with Gasteiger partial charge in [-0.05, 0) is 22.0 Å². The van der Waals surface area contributed by atoms with Crippen molar-refractivity contribution in [3.05, 3.63) is 20.8 Å². The zero-order chi connectivity index (χ0) is 12.1. The third-order valence-corrected chi connectivity index (χ3v) is 3.46. The maximum atomic E-state index is 11.6. The fourth-order valence-corrected chi connectivity index (χ4v) is 2.17. The molecule has 0 fully saturated rings. The molecule has 0 spiro atoms. The van der Waals surface area contributed by atoms with E-state index in [0.29, 0.717) is 18.5 Å². The molecular formula is C10H13BrN2O2S. The topological polar surface area (TPSA) is 49.4 Å². The second kappa shape index (κ2) is 6.00. The largest absolute Gasteiger partial charge is 0.351 e. The van der Waals surface area contributed by atoms with Crippen molar-refractivity contribution >= 4 is 39.1 Å². The first-order chi connectivity index (χ1) is 7.50. The highest BCUT2D eigenvalue weighted by atomic mass is 79.9. The summed E-state index contributed by atoms with van der Waals surface area (Å²) < 4.78 is 0.919. The average Bonchev–Trinajstić information content (AvgIpc) is 2.64. The summed E-state index contributed by atoms with van der Waals surface area (Å²) in [5.74, 6) is -0.139. The number of thiophene rings is 1. The Morgan fingerprint density at radius 1 is 1.50 bits per heavy atom. The number of carbonyl (C=O) groups excluding carboxylic acids is 2. The number of rotatable bonds is 4. The quantitative estimate of drug-likeness (QED) is 0.921. The van der Waals surface area contributed by atoms with Gasteiger partial charge in [-0.2, -0.15) is 0 Å². The van der Waals surface area contributed by atoms with Gasteiger partial charge in [0.2, 0.25) is 5.91 Å². The molecular weight excluding hydrogens is 292 g/mol. The molecule has 0 radical (unpaired) electrons. The highest BCUT2D eigenvalue weighted by Crippen LogP contribution is 2.20. The van der Waals surface area contributed by atoms with Crippen molar-refractivity contribution in [1.29, 1.82) is 0 Å². The fourth-order valence-electron chi connectivity index (χ4n) is 1.04. The number of halogens is 1. The van der Waals surface area contributed by atoms with Crippen LogP contribution in [0.25, 0.3) is 0 Å². The van der Waals surface area contributed by atoms with Crippen molar-refractivity contribution in [2.24, 2.45) is 0 Å². The van der Waals surface area contributed by atoms with Gasteiger partial charge in [-0.1, -0.05) is 0 Å². The maximum absolute atomic E-state index is 11.6. The van der Waals surface area contributed by atoms with E-state index < -0.39 is 0 Å². The molecule has 0 atom stereocenters. The number of hydrogen-bond donors (Lipinski definition) is 1. The van der Waals surface area contributed by atoms with E-state index in [9.17, 15) is 9.59 Å². The maximum Gasteiger partial charge on any atom is 0.252 e. The van der Waals surface area contributed by atoms with E-state index in [0.717, 1.165) is 3.79 Å². The van der Waals surface area contributed by atoms with Crippen LogP contribution in [0, 0.1) is 0 Å². The average molecular weight is 305 g/mol. The molecule has 6 heteroatoms. The molecule has 2 amide bonds. The van der Waals surface area contributed by atoms with E-state index >= 15 is 0 Å². The van der Waals surface area contributed by atoms with Gasteiger partial charge in [0, 0.05) is 32.4 Å². The fraction of sp³-hybridized carbons (Fsp3) is 0.400. The first kappa shape index (κ1) is 13.2. The van der Waals surface area contributed by atoms with Gasteiger partial charge in [0.15, 0.2) is 0 Å². The third-order valence-electron chi connectivity index (χ3n) is 1.95. The molecule has 1 aromatic rings. The molecule has 1 heterocycles. The highest BCUT2D eigenvalue weighted by Gasteiger charge is 2.08. The molecule has 0 aliphatic heterocycles. The summed E-state index contributed by atoms with van der Waals surface area (Å²) in [5, 5.41) is 4.47. The lowest BCUT2D eigenvalue weighted by atomic mass is 10.3. The summed E-state index contributed by atoms with van der Waals surface area (Å²) in [5.41, 5.74) is 0.620. The Morgan fingerprint density at radius 3 is 2.69 bits per heavy atom. The van der Waals surface area contributed by atoms with E-state index in [1.54, 1.807) is 25.5 Å². The number of amides is 2. The predicted octanol–water partition coefficient (Wildman–Crippen LogP) is 1.72. The van der Waals surface area contributed by atoms with Crippen molar-refractivity contribution < 1.29 is 9.59 Å². The van der Waals surface area contributed by atoms with Crippen LogP contribution in [-0.4, -0.2) is 37.4 Å². The molecule has 0 aliphatic rings. The Balaban J connectivity index is 2.34. The van der Waals surface area contributed by atoms with Crippen LogP contribution in [0.4, 0.5) is 0 Å². The minimum atomic E-state index is -0.145. The van der Waals surface area contributed by atoms with Crippen molar-refractivity contribution in [2.75, 3.05) is 20.6 Å². The number of nitrogens with one attached hydrogen (secondary N) is 1. The molecule has 0 saturated heterocycles. The summed E-state index contributed by atoms with van der Waals surface area (Å²) in [6.45, 7) is 0.364. The number of hydrogen-bond acceptors (Lipinski definition) is 3. The molecule has 0 bridgehead atoms. The van der Waals surface area contributed by atoms with Crippen molar-refractivity contribution in [2.45, 2.75) is 6.42 Å². The van der Waals surface area contributed by atoms with Crippen LogP contribution in [0.3, 0.4) is 0 Å². The molecule has 88 valence electrons. The third kappa shape index (κ3) is 3.94. The Labute approximate surface area is 107 Å². The van der Waals surface area contributed by atoms with Crippen molar-refractivity contribution in [1.82, 2.24) is 10.2 Å². The zero-order valence-electron chi connectivity index (χ0n) is 9.12. The van der Waals surface area contributed by atoms with E-state index in [1.165, 1.54) is 16.2 Å². The second-order valence-corrected chi connectivity index (χ2v) is 5.72. The lowest BCUT2D eigenvalue weighted by Crippen LogP contribution is -2.29. The normalized spacial score (nSPS) is 9.94. The van der Waals surface area contributed by atoms with Crippen LogP contribution in [0.5, 0.6) is 0 Å². The summed E-state index contributed by atoms with van der Waals surface area (Å²) in [6.07, 6.45) is 0.323. The molecule has 1 rings (SSSR count). The van der Waals surface area contributed by atoms with Crippen LogP contribution < -0.4 is 5.32 Å². The number of carbonyl (C=O) groups is 2. The lowest BCUT2D eigenvalue weighted by molar-refractivity contribution is -0.128. The Morgan fingerprint density at radius 2 is 2.19 bits per heavy atom.